The van der Waals surface area contributed by atoms with Gasteiger partial charge in [-0.15, -0.1) is 0 Å². The van der Waals surface area contributed by atoms with E-state index in [9.17, 15) is 9.59 Å². The molecule has 0 spiro atoms. The van der Waals surface area contributed by atoms with Crippen LogP contribution in [0.5, 0.6) is 0 Å². The first-order chi connectivity index (χ1) is 6.61. The van der Waals surface area contributed by atoms with Crippen molar-refractivity contribution in [2.24, 2.45) is 0 Å². The Morgan fingerprint density at radius 2 is 2.00 bits per heavy atom. The Balaban J connectivity index is 2.64. The monoisotopic (exact) mass is 195 g/mol. The molecule has 0 radical (unpaired) electrons. The van der Waals surface area contributed by atoms with E-state index in [2.05, 4.69) is 15.3 Å². The van der Waals surface area contributed by atoms with Crippen molar-refractivity contribution < 1.29 is 14.7 Å². The third kappa shape index (κ3) is 2.51. The molecule has 0 aliphatic rings. The van der Waals surface area contributed by atoms with Crippen molar-refractivity contribution in [3.05, 3.63) is 24.3 Å². The molecule has 1 aromatic heterocycles. The van der Waals surface area contributed by atoms with E-state index in [4.69, 9.17) is 5.11 Å². The van der Waals surface area contributed by atoms with Crippen LogP contribution >= 0.6 is 0 Å². The smallest absolute Gasteiger partial charge is 0.325 e. The van der Waals surface area contributed by atoms with Crippen molar-refractivity contribution in [3.8, 4) is 0 Å². The molecule has 0 aliphatic carbocycles. The largest absolute Gasteiger partial charge is 0.480 e. The molecule has 6 heteroatoms. The van der Waals surface area contributed by atoms with Crippen LogP contribution in [0, 0.1) is 0 Å². The highest BCUT2D eigenvalue weighted by atomic mass is 16.4. The van der Waals surface area contributed by atoms with Crippen molar-refractivity contribution >= 4 is 11.9 Å². The fraction of sp³-hybridized carbons (Fsp3) is 0.250. The van der Waals surface area contributed by atoms with E-state index in [1.807, 2.05) is 0 Å². The fourth-order valence-electron chi connectivity index (χ4n) is 0.739. The molecule has 2 N–H and O–H groups in total. The SMILES string of the molecule is C[C@@H](NC(=O)c1ncccn1)C(=O)O. The van der Waals surface area contributed by atoms with Gasteiger partial charge in [0.15, 0.2) is 0 Å². The molecular weight excluding hydrogens is 186 g/mol. The number of carboxylic acids is 1. The number of amides is 1. The average molecular weight is 195 g/mol. The predicted molar refractivity (Wildman–Crippen MR) is 46.6 cm³/mol. The molecule has 1 aromatic rings. The molecule has 14 heavy (non-hydrogen) atoms. The number of nitrogens with zero attached hydrogens (tertiary/aromatic N) is 2. The third-order valence-corrected chi connectivity index (χ3v) is 1.49. The molecule has 1 atom stereocenters. The first kappa shape index (κ1) is 10.1. The van der Waals surface area contributed by atoms with Crippen LogP contribution in [0.4, 0.5) is 0 Å². The molecule has 0 bridgehead atoms. The zero-order valence-corrected chi connectivity index (χ0v) is 7.47. The summed E-state index contributed by atoms with van der Waals surface area (Å²) in [5.74, 6) is -1.74. The maximum atomic E-state index is 11.3. The van der Waals surface area contributed by atoms with Crippen molar-refractivity contribution in [1.82, 2.24) is 15.3 Å². The van der Waals surface area contributed by atoms with Crippen molar-refractivity contribution in [2.75, 3.05) is 0 Å². The van der Waals surface area contributed by atoms with Gasteiger partial charge < -0.3 is 10.4 Å². The van der Waals surface area contributed by atoms with Crippen LogP contribution in [0.3, 0.4) is 0 Å². The van der Waals surface area contributed by atoms with E-state index >= 15 is 0 Å². The summed E-state index contributed by atoms with van der Waals surface area (Å²) in [5, 5.41) is 10.8. The highest BCUT2D eigenvalue weighted by molar-refractivity contribution is 5.93. The van der Waals surface area contributed by atoms with E-state index in [-0.39, 0.29) is 5.82 Å². The topological polar surface area (TPSA) is 92.2 Å². The van der Waals surface area contributed by atoms with Crippen LogP contribution in [0.25, 0.3) is 0 Å². The summed E-state index contributed by atoms with van der Waals surface area (Å²) in [5.41, 5.74) is 0. The number of hydrogen-bond acceptors (Lipinski definition) is 4. The zero-order chi connectivity index (χ0) is 10.6. The Morgan fingerprint density at radius 1 is 1.43 bits per heavy atom. The second-order valence-corrected chi connectivity index (χ2v) is 2.61. The minimum atomic E-state index is -1.10. The normalized spacial score (nSPS) is 11.8. The van der Waals surface area contributed by atoms with Crippen LogP contribution in [0.15, 0.2) is 18.5 Å². The van der Waals surface area contributed by atoms with E-state index < -0.39 is 17.9 Å². The van der Waals surface area contributed by atoms with Gasteiger partial charge in [-0.2, -0.15) is 0 Å². The summed E-state index contributed by atoms with van der Waals surface area (Å²) in [7, 11) is 0. The number of aromatic nitrogens is 2. The lowest BCUT2D eigenvalue weighted by atomic mass is 10.3. The summed E-state index contributed by atoms with van der Waals surface area (Å²) in [6, 6.07) is 0.614. The summed E-state index contributed by atoms with van der Waals surface area (Å²) in [4.78, 5) is 29.0. The minimum Gasteiger partial charge on any atom is -0.480 e. The Hall–Kier alpha value is -1.98. The van der Waals surface area contributed by atoms with Gasteiger partial charge >= 0.3 is 5.97 Å². The van der Waals surface area contributed by atoms with E-state index in [1.165, 1.54) is 19.3 Å². The quantitative estimate of drug-likeness (QED) is 0.689. The summed E-state index contributed by atoms with van der Waals surface area (Å²) >= 11 is 0. The van der Waals surface area contributed by atoms with Gasteiger partial charge in [-0.25, -0.2) is 9.97 Å². The highest BCUT2D eigenvalue weighted by Gasteiger charge is 2.16. The van der Waals surface area contributed by atoms with Gasteiger partial charge in [0.05, 0.1) is 0 Å². The van der Waals surface area contributed by atoms with Gasteiger partial charge in [-0.3, -0.25) is 9.59 Å². The van der Waals surface area contributed by atoms with Gasteiger partial charge in [-0.05, 0) is 13.0 Å². The van der Waals surface area contributed by atoms with Crippen LogP contribution in [0.2, 0.25) is 0 Å². The predicted octanol–water partition coefficient (Wildman–Crippen LogP) is -0.320. The molecule has 0 fully saturated rings. The fourth-order valence-corrected chi connectivity index (χ4v) is 0.739. The van der Waals surface area contributed by atoms with Crippen LogP contribution < -0.4 is 5.32 Å². The Kier molecular flexibility index (Phi) is 3.11. The third-order valence-electron chi connectivity index (χ3n) is 1.49. The lowest BCUT2D eigenvalue weighted by molar-refractivity contribution is -0.138. The van der Waals surface area contributed by atoms with Crippen molar-refractivity contribution in [2.45, 2.75) is 13.0 Å². The number of nitrogens with one attached hydrogen (secondary N) is 1. The number of hydrogen-bond donors (Lipinski definition) is 2. The molecule has 0 unspecified atom stereocenters. The maximum absolute atomic E-state index is 11.3. The highest BCUT2D eigenvalue weighted by Crippen LogP contribution is 1.89. The standard InChI is InChI=1S/C8H9N3O3/c1-5(8(13)14)11-7(12)6-9-3-2-4-10-6/h2-5H,1H3,(H,11,12)(H,13,14)/t5-/m1/s1. The van der Waals surface area contributed by atoms with Gasteiger partial charge in [0, 0.05) is 12.4 Å². The Morgan fingerprint density at radius 3 is 2.50 bits per heavy atom. The average Bonchev–Trinajstić information content (AvgIpc) is 2.19. The van der Waals surface area contributed by atoms with E-state index in [1.54, 1.807) is 6.07 Å². The molecule has 1 heterocycles. The Bertz CT molecular complexity index is 339. The van der Waals surface area contributed by atoms with Gasteiger partial charge in [0.1, 0.15) is 6.04 Å². The lowest BCUT2D eigenvalue weighted by Gasteiger charge is -2.07. The van der Waals surface area contributed by atoms with Crippen LogP contribution in [0.1, 0.15) is 17.5 Å². The molecule has 0 aromatic carbocycles. The molecule has 1 rings (SSSR count). The van der Waals surface area contributed by atoms with Crippen molar-refractivity contribution in [3.63, 3.8) is 0 Å². The first-order valence-electron chi connectivity index (χ1n) is 3.92. The second-order valence-electron chi connectivity index (χ2n) is 2.61. The number of carbonyl (C=O) groups excluding carboxylic acids is 1. The van der Waals surface area contributed by atoms with Crippen molar-refractivity contribution in [1.29, 1.82) is 0 Å². The molecule has 1 amide bonds. The van der Waals surface area contributed by atoms with Crippen LogP contribution in [-0.4, -0.2) is 33.0 Å². The number of carbonyl (C=O) groups is 2. The molecule has 6 nitrogen and oxygen atoms in total. The Labute approximate surface area is 80.0 Å². The number of aliphatic carboxylic acids is 1. The zero-order valence-electron chi connectivity index (χ0n) is 7.47. The summed E-state index contributed by atoms with van der Waals surface area (Å²) in [6.45, 7) is 1.36. The van der Waals surface area contributed by atoms with Crippen LogP contribution in [-0.2, 0) is 4.79 Å². The molecule has 0 aliphatic heterocycles. The van der Waals surface area contributed by atoms with Gasteiger partial charge in [0.25, 0.3) is 5.91 Å². The van der Waals surface area contributed by atoms with E-state index in [0.29, 0.717) is 0 Å². The van der Waals surface area contributed by atoms with E-state index in [0.717, 1.165) is 0 Å². The maximum Gasteiger partial charge on any atom is 0.325 e. The second kappa shape index (κ2) is 4.31. The molecule has 74 valence electrons. The van der Waals surface area contributed by atoms with Gasteiger partial charge in [0.2, 0.25) is 5.82 Å². The summed E-state index contributed by atoms with van der Waals surface area (Å²) in [6.07, 6.45) is 2.82. The molecular formula is C8H9N3O3. The lowest BCUT2D eigenvalue weighted by Crippen LogP contribution is -2.39. The van der Waals surface area contributed by atoms with Gasteiger partial charge in [-0.1, -0.05) is 0 Å². The number of carboxylic acid groups (broad SMARTS) is 1. The number of rotatable bonds is 3. The molecule has 0 saturated heterocycles. The first-order valence-corrected chi connectivity index (χ1v) is 3.92. The summed E-state index contributed by atoms with van der Waals surface area (Å²) < 4.78 is 0. The molecule has 0 saturated carbocycles. The minimum absolute atomic E-state index is 0.0411.